The minimum absolute atomic E-state index is 0.000413. The van der Waals surface area contributed by atoms with Crippen molar-refractivity contribution in [2.75, 3.05) is 0 Å². The van der Waals surface area contributed by atoms with Crippen molar-refractivity contribution in [1.29, 1.82) is 0 Å². The molecule has 0 saturated heterocycles. The van der Waals surface area contributed by atoms with Crippen LogP contribution in [0.15, 0.2) is 10.5 Å². The zero-order valence-electron chi connectivity index (χ0n) is 16.2. The van der Waals surface area contributed by atoms with Crippen molar-refractivity contribution in [2.24, 2.45) is 0 Å². The van der Waals surface area contributed by atoms with E-state index in [0.717, 1.165) is 35.7 Å². The summed E-state index contributed by atoms with van der Waals surface area (Å²) in [6.45, 7) is 4.47. The molecule has 1 aromatic rings. The standard InChI is InChI=1S/C22H37BrO2/c1-3-5-7-9-11-13-15-18-19(16-14-12-10-8-6-4-2)22(25)21(24)17-20(18)23/h17,24-25H,3-16H2,1-2H3. The molecule has 1 aromatic carbocycles. The fraction of sp³-hybridized carbons (Fsp3) is 0.727. The van der Waals surface area contributed by atoms with Gasteiger partial charge in [0.25, 0.3) is 0 Å². The molecule has 0 aromatic heterocycles. The minimum Gasteiger partial charge on any atom is -0.504 e. The average molecular weight is 413 g/mol. The molecule has 0 aliphatic carbocycles. The monoisotopic (exact) mass is 412 g/mol. The largest absolute Gasteiger partial charge is 0.504 e. The van der Waals surface area contributed by atoms with Crippen molar-refractivity contribution in [3.8, 4) is 11.5 Å². The summed E-state index contributed by atoms with van der Waals surface area (Å²) in [5, 5.41) is 20.3. The average Bonchev–Trinajstić information content (AvgIpc) is 2.59. The number of rotatable bonds is 14. The SMILES string of the molecule is CCCCCCCCc1c(Br)cc(O)c(O)c1CCCCCCCC. The summed E-state index contributed by atoms with van der Waals surface area (Å²) in [5.41, 5.74) is 2.15. The van der Waals surface area contributed by atoms with E-state index in [2.05, 4.69) is 29.8 Å². The molecule has 0 fully saturated rings. The van der Waals surface area contributed by atoms with E-state index in [-0.39, 0.29) is 11.5 Å². The molecule has 1 rings (SSSR count). The van der Waals surface area contributed by atoms with E-state index in [4.69, 9.17) is 0 Å². The van der Waals surface area contributed by atoms with Gasteiger partial charge in [-0.3, -0.25) is 0 Å². The predicted molar refractivity (Wildman–Crippen MR) is 112 cm³/mol. The van der Waals surface area contributed by atoms with E-state index in [1.807, 2.05) is 0 Å². The van der Waals surface area contributed by atoms with Crippen LogP contribution in [0.2, 0.25) is 0 Å². The maximum Gasteiger partial charge on any atom is 0.161 e. The van der Waals surface area contributed by atoms with Gasteiger partial charge < -0.3 is 10.2 Å². The molecule has 0 saturated carbocycles. The van der Waals surface area contributed by atoms with E-state index < -0.39 is 0 Å². The van der Waals surface area contributed by atoms with Crippen molar-refractivity contribution >= 4 is 15.9 Å². The molecule has 2 nitrogen and oxygen atoms in total. The molecule has 0 aliphatic rings. The van der Waals surface area contributed by atoms with Crippen molar-refractivity contribution in [1.82, 2.24) is 0 Å². The lowest BCUT2D eigenvalue weighted by molar-refractivity contribution is 0.397. The third kappa shape index (κ3) is 8.48. The molecule has 25 heavy (non-hydrogen) atoms. The summed E-state index contributed by atoms with van der Waals surface area (Å²) in [7, 11) is 0. The lowest BCUT2D eigenvalue weighted by Crippen LogP contribution is -1.98. The first-order valence-electron chi connectivity index (χ1n) is 10.3. The highest BCUT2D eigenvalue weighted by Crippen LogP contribution is 2.38. The Labute approximate surface area is 163 Å². The Hall–Kier alpha value is -0.700. The fourth-order valence-corrected chi connectivity index (χ4v) is 4.08. The number of hydrogen-bond donors (Lipinski definition) is 2. The maximum absolute atomic E-state index is 10.3. The number of phenolic OH excluding ortho intramolecular Hbond substituents is 2. The Morgan fingerprint density at radius 1 is 0.680 bits per heavy atom. The minimum atomic E-state index is -0.000413. The van der Waals surface area contributed by atoms with Crippen LogP contribution in [-0.2, 0) is 12.8 Å². The second-order valence-corrected chi connectivity index (χ2v) is 8.07. The van der Waals surface area contributed by atoms with Crippen LogP contribution in [0.5, 0.6) is 11.5 Å². The van der Waals surface area contributed by atoms with Gasteiger partial charge >= 0.3 is 0 Å². The first kappa shape index (κ1) is 22.3. The van der Waals surface area contributed by atoms with Gasteiger partial charge in [0.05, 0.1) is 0 Å². The molecule has 2 N–H and O–H groups in total. The number of phenols is 2. The van der Waals surface area contributed by atoms with Gasteiger partial charge in [-0.2, -0.15) is 0 Å². The first-order valence-corrected chi connectivity index (χ1v) is 11.1. The van der Waals surface area contributed by atoms with Gasteiger partial charge in [-0.25, -0.2) is 0 Å². The highest BCUT2D eigenvalue weighted by molar-refractivity contribution is 9.10. The molecule has 0 amide bonds. The maximum atomic E-state index is 10.3. The fourth-order valence-electron chi connectivity index (χ4n) is 3.42. The number of hydrogen-bond acceptors (Lipinski definition) is 2. The summed E-state index contributed by atoms with van der Waals surface area (Å²) in [4.78, 5) is 0. The normalized spacial score (nSPS) is 11.2. The van der Waals surface area contributed by atoms with Crippen molar-refractivity contribution in [3.05, 3.63) is 21.7 Å². The Morgan fingerprint density at radius 3 is 1.64 bits per heavy atom. The van der Waals surface area contributed by atoms with Gasteiger partial charge in [-0.05, 0) is 37.3 Å². The molecule has 0 atom stereocenters. The Kier molecular flexibility index (Phi) is 12.1. The van der Waals surface area contributed by atoms with Gasteiger partial charge in [-0.15, -0.1) is 0 Å². The molecule has 3 heteroatoms. The zero-order valence-corrected chi connectivity index (χ0v) is 17.8. The summed E-state index contributed by atoms with van der Waals surface area (Å²) < 4.78 is 0.942. The van der Waals surface area contributed by atoms with Crippen LogP contribution in [0, 0.1) is 0 Å². The molecule has 0 heterocycles. The molecule has 0 spiro atoms. The second kappa shape index (κ2) is 13.5. The van der Waals surface area contributed by atoms with Crippen LogP contribution < -0.4 is 0 Å². The van der Waals surface area contributed by atoms with Crippen molar-refractivity contribution < 1.29 is 10.2 Å². The molecular weight excluding hydrogens is 376 g/mol. The van der Waals surface area contributed by atoms with E-state index in [1.165, 1.54) is 69.8 Å². The number of halogens is 1. The van der Waals surface area contributed by atoms with Crippen LogP contribution in [0.3, 0.4) is 0 Å². The van der Waals surface area contributed by atoms with E-state index >= 15 is 0 Å². The highest BCUT2D eigenvalue weighted by Gasteiger charge is 2.15. The molecular formula is C22H37BrO2. The zero-order chi connectivity index (χ0) is 18.5. The number of aromatic hydroxyl groups is 2. The van der Waals surface area contributed by atoms with E-state index in [1.54, 1.807) is 6.07 Å². The quantitative estimate of drug-likeness (QED) is 0.243. The molecule has 0 radical (unpaired) electrons. The van der Waals surface area contributed by atoms with E-state index in [9.17, 15) is 10.2 Å². The summed E-state index contributed by atoms with van der Waals surface area (Å²) in [6, 6.07) is 1.65. The third-order valence-electron chi connectivity index (χ3n) is 5.01. The third-order valence-corrected chi connectivity index (χ3v) is 5.71. The van der Waals surface area contributed by atoms with E-state index in [0.29, 0.717) is 0 Å². The van der Waals surface area contributed by atoms with Crippen LogP contribution >= 0.6 is 15.9 Å². The van der Waals surface area contributed by atoms with Crippen molar-refractivity contribution in [2.45, 2.75) is 104 Å². The smallest absolute Gasteiger partial charge is 0.161 e. The molecule has 0 unspecified atom stereocenters. The molecule has 0 bridgehead atoms. The van der Waals surface area contributed by atoms with Gasteiger partial charge in [0.15, 0.2) is 11.5 Å². The van der Waals surface area contributed by atoms with Crippen LogP contribution in [0.4, 0.5) is 0 Å². The Balaban J connectivity index is 2.57. The van der Waals surface area contributed by atoms with Gasteiger partial charge in [0, 0.05) is 10.0 Å². The number of benzene rings is 1. The lowest BCUT2D eigenvalue weighted by Gasteiger charge is -2.15. The second-order valence-electron chi connectivity index (χ2n) is 7.22. The highest BCUT2D eigenvalue weighted by atomic mass is 79.9. The lowest BCUT2D eigenvalue weighted by atomic mass is 9.95. The van der Waals surface area contributed by atoms with Gasteiger partial charge in [0.1, 0.15) is 0 Å². The number of unbranched alkanes of at least 4 members (excludes halogenated alkanes) is 10. The molecule has 0 aliphatic heterocycles. The van der Waals surface area contributed by atoms with Crippen LogP contribution in [0.1, 0.15) is 102 Å². The summed E-state index contributed by atoms with van der Waals surface area (Å²) in [5.74, 6) is 0.0947. The molecule has 144 valence electrons. The first-order chi connectivity index (χ1) is 12.1. The van der Waals surface area contributed by atoms with Crippen LogP contribution in [0.25, 0.3) is 0 Å². The Morgan fingerprint density at radius 2 is 1.12 bits per heavy atom. The predicted octanol–water partition coefficient (Wildman–Crippen LogP) is 7.67. The topological polar surface area (TPSA) is 40.5 Å². The van der Waals surface area contributed by atoms with Gasteiger partial charge in [-0.1, -0.05) is 94.0 Å². The van der Waals surface area contributed by atoms with Gasteiger partial charge in [0.2, 0.25) is 0 Å². The summed E-state index contributed by atoms with van der Waals surface area (Å²) >= 11 is 3.60. The van der Waals surface area contributed by atoms with Crippen LogP contribution in [-0.4, -0.2) is 10.2 Å². The van der Waals surface area contributed by atoms with Crippen molar-refractivity contribution in [3.63, 3.8) is 0 Å². The Bertz CT molecular complexity index is 485. The summed E-state index contributed by atoms with van der Waals surface area (Å²) in [6.07, 6.45) is 16.9.